The summed E-state index contributed by atoms with van der Waals surface area (Å²) in [6.45, 7) is 0.233. The molecule has 0 fully saturated rings. The minimum atomic E-state index is -0.399. The van der Waals surface area contributed by atoms with Crippen molar-refractivity contribution in [2.45, 2.75) is 12.5 Å². The summed E-state index contributed by atoms with van der Waals surface area (Å²) in [4.78, 5) is 0. The van der Waals surface area contributed by atoms with Crippen LogP contribution in [0.2, 0.25) is 0 Å². The molecule has 0 N–H and O–H groups in total. The molecule has 1 aliphatic heterocycles. The van der Waals surface area contributed by atoms with Crippen LogP contribution in [0.4, 0.5) is 8.78 Å². The van der Waals surface area contributed by atoms with Crippen LogP contribution in [0.5, 0.6) is 11.5 Å². The van der Waals surface area contributed by atoms with Crippen molar-refractivity contribution in [3.8, 4) is 11.5 Å². The Balaban J connectivity index is 1.63. The normalized spacial score (nSPS) is 16.8. The van der Waals surface area contributed by atoms with Gasteiger partial charge in [0.15, 0.2) is 11.6 Å². The molecule has 0 spiro atoms. The number of para-hydroxylation sites is 1. The van der Waals surface area contributed by atoms with Gasteiger partial charge in [0.1, 0.15) is 24.3 Å². The van der Waals surface area contributed by atoms with Crippen molar-refractivity contribution in [2.75, 3.05) is 6.61 Å². The molecule has 2 aromatic carbocycles. The molecule has 0 radical (unpaired) electrons. The number of halogens is 2. The van der Waals surface area contributed by atoms with Gasteiger partial charge in [-0.05, 0) is 30.3 Å². The fourth-order valence-electron chi connectivity index (χ4n) is 2.13. The van der Waals surface area contributed by atoms with Gasteiger partial charge in [0.25, 0.3) is 0 Å². The number of benzene rings is 2. The molecule has 19 heavy (non-hydrogen) atoms. The summed E-state index contributed by atoms with van der Waals surface area (Å²) in [6.07, 6.45) is 0.359. The van der Waals surface area contributed by atoms with Gasteiger partial charge in [-0.1, -0.05) is 12.1 Å². The maximum Gasteiger partial charge on any atom is 0.165 e. The number of hydrogen-bond donors (Lipinski definition) is 0. The highest BCUT2D eigenvalue weighted by molar-refractivity contribution is 5.38. The molecule has 0 aromatic heterocycles. The lowest BCUT2D eigenvalue weighted by Crippen LogP contribution is -2.22. The monoisotopic (exact) mass is 262 g/mol. The second kappa shape index (κ2) is 4.88. The lowest BCUT2D eigenvalue weighted by molar-refractivity contribution is 0.145. The Bertz CT molecular complexity index is 598. The van der Waals surface area contributed by atoms with E-state index in [4.69, 9.17) is 9.47 Å². The second-order valence-corrected chi connectivity index (χ2v) is 4.44. The van der Waals surface area contributed by atoms with Crippen LogP contribution in [0, 0.1) is 11.6 Å². The Labute approximate surface area is 109 Å². The topological polar surface area (TPSA) is 18.5 Å². The molecule has 98 valence electrons. The molecule has 1 aliphatic rings. The van der Waals surface area contributed by atoms with E-state index in [1.54, 1.807) is 24.3 Å². The Hall–Kier alpha value is -2.10. The number of fused-ring (bicyclic) bond motifs is 1. The molecule has 1 heterocycles. The summed E-state index contributed by atoms with van der Waals surface area (Å²) in [6, 6.07) is 10.6. The van der Waals surface area contributed by atoms with Gasteiger partial charge in [-0.15, -0.1) is 0 Å². The van der Waals surface area contributed by atoms with E-state index in [0.717, 1.165) is 5.56 Å². The first-order valence-corrected chi connectivity index (χ1v) is 6.05. The molecule has 0 aliphatic carbocycles. The number of rotatable bonds is 3. The first-order valence-electron chi connectivity index (χ1n) is 6.05. The average molecular weight is 262 g/mol. The molecule has 2 nitrogen and oxygen atoms in total. The standard InChI is InChI=1S/C15H12F2O2/c16-11-5-6-14-10(7-11)8-12(19-14)9-18-15-4-2-1-3-13(15)17/h1-7,12H,8-9H2. The fourth-order valence-corrected chi connectivity index (χ4v) is 2.13. The number of ether oxygens (including phenoxy) is 2. The molecule has 0 saturated heterocycles. The first kappa shape index (κ1) is 12.0. The third-order valence-electron chi connectivity index (χ3n) is 3.03. The highest BCUT2D eigenvalue weighted by atomic mass is 19.1. The van der Waals surface area contributed by atoms with Crippen LogP contribution >= 0.6 is 0 Å². The zero-order valence-electron chi connectivity index (χ0n) is 10.1. The van der Waals surface area contributed by atoms with Gasteiger partial charge in [0, 0.05) is 12.0 Å². The third-order valence-corrected chi connectivity index (χ3v) is 3.03. The van der Waals surface area contributed by atoms with Gasteiger partial charge in [0.05, 0.1) is 0 Å². The van der Waals surface area contributed by atoms with E-state index in [0.29, 0.717) is 12.2 Å². The van der Waals surface area contributed by atoms with Gasteiger partial charge in [-0.2, -0.15) is 0 Å². The predicted octanol–water partition coefficient (Wildman–Crippen LogP) is 3.35. The van der Waals surface area contributed by atoms with Crippen molar-refractivity contribution in [3.63, 3.8) is 0 Å². The van der Waals surface area contributed by atoms with E-state index < -0.39 is 5.82 Å². The molecule has 0 saturated carbocycles. The van der Waals surface area contributed by atoms with Crippen LogP contribution in [0.1, 0.15) is 5.56 Å². The first-order chi connectivity index (χ1) is 9.22. The maximum absolute atomic E-state index is 13.4. The van der Waals surface area contributed by atoms with Crippen molar-refractivity contribution in [1.82, 2.24) is 0 Å². The molecule has 0 bridgehead atoms. The average Bonchev–Trinajstić information content (AvgIpc) is 2.79. The Kier molecular flexibility index (Phi) is 3.07. The molecule has 3 rings (SSSR count). The zero-order valence-corrected chi connectivity index (χ0v) is 10.1. The van der Waals surface area contributed by atoms with Crippen LogP contribution < -0.4 is 9.47 Å². The summed E-state index contributed by atoms with van der Waals surface area (Å²) >= 11 is 0. The molecule has 1 unspecified atom stereocenters. The van der Waals surface area contributed by atoms with Gasteiger partial charge in [0.2, 0.25) is 0 Å². The van der Waals surface area contributed by atoms with E-state index in [9.17, 15) is 8.78 Å². The van der Waals surface area contributed by atoms with E-state index in [-0.39, 0.29) is 24.3 Å². The molecule has 1 atom stereocenters. The third kappa shape index (κ3) is 2.52. The van der Waals surface area contributed by atoms with Crippen molar-refractivity contribution >= 4 is 0 Å². The smallest absolute Gasteiger partial charge is 0.165 e. The molecule has 2 aromatic rings. The maximum atomic E-state index is 13.4. The molecular formula is C15H12F2O2. The zero-order chi connectivity index (χ0) is 13.2. The van der Waals surface area contributed by atoms with Crippen molar-refractivity contribution in [3.05, 3.63) is 59.7 Å². The quantitative estimate of drug-likeness (QED) is 0.844. The number of hydrogen-bond acceptors (Lipinski definition) is 2. The van der Waals surface area contributed by atoms with Gasteiger partial charge < -0.3 is 9.47 Å². The summed E-state index contributed by atoms with van der Waals surface area (Å²) in [7, 11) is 0. The Morgan fingerprint density at radius 1 is 1.16 bits per heavy atom. The highest BCUT2D eigenvalue weighted by Gasteiger charge is 2.24. The SMILES string of the molecule is Fc1ccc2c(c1)CC(COc1ccccc1F)O2. The van der Waals surface area contributed by atoms with Crippen LogP contribution in [-0.2, 0) is 6.42 Å². The lowest BCUT2D eigenvalue weighted by Gasteiger charge is -2.12. The van der Waals surface area contributed by atoms with E-state index >= 15 is 0 Å². The van der Waals surface area contributed by atoms with Gasteiger partial charge in [-0.25, -0.2) is 8.78 Å². The van der Waals surface area contributed by atoms with E-state index in [1.165, 1.54) is 18.2 Å². The Morgan fingerprint density at radius 2 is 2.00 bits per heavy atom. The van der Waals surface area contributed by atoms with E-state index in [2.05, 4.69) is 0 Å². The second-order valence-electron chi connectivity index (χ2n) is 4.44. The van der Waals surface area contributed by atoms with Gasteiger partial charge >= 0.3 is 0 Å². The molecular weight excluding hydrogens is 250 g/mol. The minimum Gasteiger partial charge on any atom is -0.487 e. The minimum absolute atomic E-state index is 0.202. The fraction of sp³-hybridized carbons (Fsp3) is 0.200. The predicted molar refractivity (Wildman–Crippen MR) is 66.4 cm³/mol. The van der Waals surface area contributed by atoms with Crippen molar-refractivity contribution in [1.29, 1.82) is 0 Å². The van der Waals surface area contributed by atoms with Crippen molar-refractivity contribution < 1.29 is 18.3 Å². The Morgan fingerprint density at radius 3 is 2.84 bits per heavy atom. The largest absolute Gasteiger partial charge is 0.487 e. The lowest BCUT2D eigenvalue weighted by atomic mass is 10.1. The molecule has 0 amide bonds. The summed E-state index contributed by atoms with van der Waals surface area (Å²) < 4.78 is 37.4. The molecule has 4 heteroatoms. The van der Waals surface area contributed by atoms with Crippen molar-refractivity contribution in [2.24, 2.45) is 0 Å². The summed E-state index contributed by atoms with van der Waals surface area (Å²) in [5.41, 5.74) is 0.821. The van der Waals surface area contributed by atoms with Crippen LogP contribution in [-0.4, -0.2) is 12.7 Å². The summed E-state index contributed by atoms with van der Waals surface area (Å²) in [5.74, 6) is 0.193. The van der Waals surface area contributed by atoms with E-state index in [1.807, 2.05) is 0 Å². The van der Waals surface area contributed by atoms with Crippen LogP contribution in [0.15, 0.2) is 42.5 Å². The van der Waals surface area contributed by atoms with Crippen LogP contribution in [0.3, 0.4) is 0 Å². The highest BCUT2D eigenvalue weighted by Crippen LogP contribution is 2.29. The van der Waals surface area contributed by atoms with Gasteiger partial charge in [-0.3, -0.25) is 0 Å². The van der Waals surface area contributed by atoms with Crippen LogP contribution in [0.25, 0.3) is 0 Å². The summed E-state index contributed by atoms with van der Waals surface area (Å²) in [5, 5.41) is 0.